The summed E-state index contributed by atoms with van der Waals surface area (Å²) in [6, 6.07) is 4.12. The lowest BCUT2D eigenvalue weighted by molar-refractivity contribution is 0.0846. The van der Waals surface area contributed by atoms with Gasteiger partial charge < -0.3 is 19.5 Å². The summed E-state index contributed by atoms with van der Waals surface area (Å²) in [7, 11) is 1.91. The minimum Gasteiger partial charge on any atom is -0.381 e. The number of benzene rings is 1. The molecule has 1 amide bonds. The zero-order valence-corrected chi connectivity index (χ0v) is 16.9. The summed E-state index contributed by atoms with van der Waals surface area (Å²) in [4.78, 5) is 19.3. The molecule has 1 aromatic heterocycles. The third-order valence-electron chi connectivity index (χ3n) is 5.22. The first-order valence-corrected chi connectivity index (χ1v) is 9.77. The van der Waals surface area contributed by atoms with E-state index in [9.17, 15) is 4.79 Å². The Balaban J connectivity index is 1.83. The quantitative estimate of drug-likeness (QED) is 0.822. The van der Waals surface area contributed by atoms with Crippen LogP contribution in [-0.4, -0.2) is 41.3 Å². The molecule has 2 heterocycles. The van der Waals surface area contributed by atoms with E-state index in [1.54, 1.807) is 18.6 Å². The SMILES string of the molecule is CCN(c1cc(Cl)cc(C(=O)NCc2cncn2C)c1C)C1CCOCC1. The number of carbonyl (C=O) groups excluding carboxylic acids is 1. The molecule has 0 saturated carbocycles. The summed E-state index contributed by atoms with van der Waals surface area (Å²) in [5, 5.41) is 3.55. The summed E-state index contributed by atoms with van der Waals surface area (Å²) in [6.45, 7) is 6.97. The van der Waals surface area contributed by atoms with Crippen molar-refractivity contribution in [2.75, 3.05) is 24.7 Å². The van der Waals surface area contributed by atoms with Crippen molar-refractivity contribution in [2.45, 2.75) is 39.3 Å². The Morgan fingerprint density at radius 2 is 2.15 bits per heavy atom. The Hall–Kier alpha value is -2.05. The fourth-order valence-corrected chi connectivity index (χ4v) is 3.85. The van der Waals surface area contributed by atoms with Crippen molar-refractivity contribution < 1.29 is 9.53 Å². The number of hydrogen-bond donors (Lipinski definition) is 1. The van der Waals surface area contributed by atoms with Gasteiger partial charge in [0.15, 0.2) is 0 Å². The van der Waals surface area contributed by atoms with Crippen LogP contribution >= 0.6 is 11.6 Å². The molecule has 1 N–H and O–H groups in total. The molecule has 0 bridgehead atoms. The normalized spacial score (nSPS) is 15.0. The molecule has 1 aliphatic rings. The Morgan fingerprint density at radius 3 is 2.78 bits per heavy atom. The van der Waals surface area contributed by atoms with Gasteiger partial charge in [0.1, 0.15) is 0 Å². The average molecular weight is 391 g/mol. The first kappa shape index (κ1) is 19.7. The number of ether oxygens (including phenoxy) is 1. The Morgan fingerprint density at radius 1 is 1.41 bits per heavy atom. The molecule has 6 nitrogen and oxygen atoms in total. The second-order valence-corrected chi connectivity index (χ2v) is 7.34. The van der Waals surface area contributed by atoms with Gasteiger partial charge in [-0.05, 0) is 44.4 Å². The summed E-state index contributed by atoms with van der Waals surface area (Å²) in [6.07, 6.45) is 5.45. The minimum atomic E-state index is -0.125. The van der Waals surface area contributed by atoms with E-state index in [1.165, 1.54) is 0 Å². The first-order chi connectivity index (χ1) is 13.0. The Kier molecular flexibility index (Phi) is 6.39. The van der Waals surface area contributed by atoms with Crippen LogP contribution in [0.1, 0.15) is 41.4 Å². The van der Waals surface area contributed by atoms with Crippen molar-refractivity contribution in [1.82, 2.24) is 14.9 Å². The number of aryl methyl sites for hydroxylation is 1. The van der Waals surface area contributed by atoms with Gasteiger partial charge in [-0.3, -0.25) is 4.79 Å². The summed E-state index contributed by atoms with van der Waals surface area (Å²) >= 11 is 6.39. The lowest BCUT2D eigenvalue weighted by atomic mass is 10.0. The number of nitrogens with one attached hydrogen (secondary N) is 1. The first-order valence-electron chi connectivity index (χ1n) is 9.39. The lowest BCUT2D eigenvalue weighted by Crippen LogP contribution is -2.40. The monoisotopic (exact) mass is 390 g/mol. The van der Waals surface area contributed by atoms with Crippen molar-refractivity contribution in [2.24, 2.45) is 7.05 Å². The third kappa shape index (κ3) is 4.45. The van der Waals surface area contributed by atoms with E-state index in [-0.39, 0.29) is 5.91 Å². The maximum Gasteiger partial charge on any atom is 0.251 e. The number of halogens is 1. The fourth-order valence-electron chi connectivity index (χ4n) is 3.64. The fraction of sp³-hybridized carbons (Fsp3) is 0.500. The Labute approximate surface area is 165 Å². The van der Waals surface area contributed by atoms with Crippen LogP contribution in [0.25, 0.3) is 0 Å². The van der Waals surface area contributed by atoms with Crippen molar-refractivity contribution >= 4 is 23.2 Å². The van der Waals surface area contributed by atoms with E-state index >= 15 is 0 Å². The molecule has 2 aromatic rings. The van der Waals surface area contributed by atoms with E-state index in [4.69, 9.17) is 16.3 Å². The van der Waals surface area contributed by atoms with Crippen LogP contribution in [0.5, 0.6) is 0 Å². The molecule has 3 rings (SSSR count). The molecule has 1 saturated heterocycles. The molecule has 1 aliphatic heterocycles. The van der Waals surface area contributed by atoms with Crippen LogP contribution in [0, 0.1) is 6.92 Å². The second-order valence-electron chi connectivity index (χ2n) is 6.91. The van der Waals surface area contributed by atoms with Gasteiger partial charge in [0.25, 0.3) is 5.91 Å². The molecule has 146 valence electrons. The third-order valence-corrected chi connectivity index (χ3v) is 5.44. The molecule has 1 fully saturated rings. The van der Waals surface area contributed by atoms with Crippen LogP contribution in [0.2, 0.25) is 5.02 Å². The summed E-state index contributed by atoms with van der Waals surface area (Å²) in [5.41, 5.74) is 3.55. The maximum absolute atomic E-state index is 12.8. The van der Waals surface area contributed by atoms with Crippen LogP contribution < -0.4 is 10.2 Å². The number of hydrogen-bond acceptors (Lipinski definition) is 4. The second kappa shape index (κ2) is 8.76. The van der Waals surface area contributed by atoms with Gasteiger partial charge in [-0.2, -0.15) is 0 Å². The number of amides is 1. The van der Waals surface area contributed by atoms with Gasteiger partial charge in [-0.25, -0.2) is 4.98 Å². The lowest BCUT2D eigenvalue weighted by Gasteiger charge is -2.36. The van der Waals surface area contributed by atoms with E-state index < -0.39 is 0 Å². The van der Waals surface area contributed by atoms with Crippen LogP contribution in [0.3, 0.4) is 0 Å². The maximum atomic E-state index is 12.8. The number of aromatic nitrogens is 2. The van der Waals surface area contributed by atoms with Crippen molar-refractivity contribution in [3.05, 3.63) is 46.5 Å². The molecule has 7 heteroatoms. The van der Waals surface area contributed by atoms with Gasteiger partial charge in [-0.15, -0.1) is 0 Å². The van der Waals surface area contributed by atoms with Crippen molar-refractivity contribution in [1.29, 1.82) is 0 Å². The molecule has 0 aliphatic carbocycles. The molecule has 27 heavy (non-hydrogen) atoms. The smallest absolute Gasteiger partial charge is 0.251 e. The zero-order valence-electron chi connectivity index (χ0n) is 16.2. The average Bonchev–Trinajstić information content (AvgIpc) is 3.08. The number of rotatable bonds is 6. The number of imidazole rings is 1. The largest absolute Gasteiger partial charge is 0.381 e. The number of nitrogens with zero attached hydrogens (tertiary/aromatic N) is 3. The molecule has 0 unspecified atom stereocenters. The predicted molar refractivity (Wildman–Crippen MR) is 107 cm³/mol. The highest BCUT2D eigenvalue weighted by molar-refractivity contribution is 6.31. The highest BCUT2D eigenvalue weighted by atomic mass is 35.5. The number of anilines is 1. The van der Waals surface area contributed by atoms with E-state index in [2.05, 4.69) is 22.1 Å². The summed E-state index contributed by atoms with van der Waals surface area (Å²) in [5.74, 6) is -0.125. The van der Waals surface area contributed by atoms with Crippen molar-refractivity contribution in [3.63, 3.8) is 0 Å². The van der Waals surface area contributed by atoms with E-state index in [1.807, 2.05) is 24.6 Å². The Bertz CT molecular complexity index is 799. The minimum absolute atomic E-state index is 0.125. The number of carbonyl (C=O) groups is 1. The van der Waals surface area contributed by atoms with E-state index in [0.717, 1.165) is 49.5 Å². The highest BCUT2D eigenvalue weighted by Gasteiger charge is 2.24. The van der Waals surface area contributed by atoms with Gasteiger partial charge >= 0.3 is 0 Å². The van der Waals surface area contributed by atoms with Crippen molar-refractivity contribution in [3.8, 4) is 0 Å². The summed E-state index contributed by atoms with van der Waals surface area (Å²) < 4.78 is 7.39. The molecule has 1 aromatic carbocycles. The molecule has 0 spiro atoms. The van der Waals surface area contributed by atoms with Crippen LogP contribution in [-0.2, 0) is 18.3 Å². The van der Waals surface area contributed by atoms with E-state index in [0.29, 0.717) is 23.2 Å². The molecule has 0 radical (unpaired) electrons. The van der Waals surface area contributed by atoms with Crippen LogP contribution in [0.4, 0.5) is 5.69 Å². The zero-order chi connectivity index (χ0) is 19.4. The molecular weight excluding hydrogens is 364 g/mol. The van der Waals surface area contributed by atoms with Gasteiger partial charge in [0, 0.05) is 55.3 Å². The highest BCUT2D eigenvalue weighted by Crippen LogP contribution is 2.31. The topological polar surface area (TPSA) is 59.4 Å². The van der Waals surface area contributed by atoms with Gasteiger partial charge in [-0.1, -0.05) is 11.6 Å². The standard InChI is InChI=1S/C20H27ClN4O2/c1-4-25(16-5-7-27-8-6-16)19-10-15(21)9-18(14(19)2)20(26)23-12-17-11-22-13-24(17)3/h9-11,13,16H,4-8,12H2,1-3H3,(H,23,26). The molecule has 0 atom stereocenters. The molecular formula is C20H27ClN4O2. The van der Waals surface area contributed by atoms with Crippen LogP contribution in [0.15, 0.2) is 24.7 Å². The van der Waals surface area contributed by atoms with Gasteiger partial charge in [0.2, 0.25) is 0 Å². The van der Waals surface area contributed by atoms with Gasteiger partial charge in [0.05, 0.1) is 18.6 Å². The predicted octanol–water partition coefficient (Wildman–Crippen LogP) is 3.32.